The van der Waals surface area contributed by atoms with Crippen molar-refractivity contribution in [1.82, 2.24) is 9.97 Å². The van der Waals surface area contributed by atoms with Gasteiger partial charge in [-0.15, -0.1) is 11.3 Å². The quantitative estimate of drug-likeness (QED) is 0.406. The molecule has 4 rings (SSSR count). The maximum Gasteiger partial charge on any atom is 0.203 e. The topological polar surface area (TPSA) is 53.1 Å². The Morgan fingerprint density at radius 2 is 1.96 bits per heavy atom. The summed E-state index contributed by atoms with van der Waals surface area (Å²) in [6.07, 6.45) is 3.77. The van der Waals surface area contributed by atoms with Crippen molar-refractivity contribution in [3.8, 4) is 11.3 Å². The molecule has 0 saturated heterocycles. The minimum absolute atomic E-state index is 0.779. The lowest BCUT2D eigenvalue weighted by Gasteiger charge is -1.97. The van der Waals surface area contributed by atoms with Gasteiger partial charge in [-0.3, -0.25) is 5.43 Å². The molecule has 4 nitrogen and oxygen atoms in total. The Balaban J connectivity index is 1.49. The number of nitrogens with one attached hydrogen (secondary N) is 2. The molecule has 0 unspecified atom stereocenters. The Bertz CT molecular complexity index is 996. The summed E-state index contributed by atoms with van der Waals surface area (Å²) in [6.45, 7) is 2.08. The zero-order valence-corrected chi connectivity index (χ0v) is 14.0. The normalized spacial score (nSPS) is 11.4. The van der Waals surface area contributed by atoms with Crippen molar-refractivity contribution in [2.75, 3.05) is 5.43 Å². The fourth-order valence-corrected chi connectivity index (χ4v) is 3.21. The summed E-state index contributed by atoms with van der Waals surface area (Å²) < 4.78 is 0. The van der Waals surface area contributed by atoms with Gasteiger partial charge in [0.15, 0.2) is 0 Å². The van der Waals surface area contributed by atoms with Crippen LogP contribution in [0.15, 0.2) is 65.2 Å². The minimum Gasteiger partial charge on any atom is -0.361 e. The summed E-state index contributed by atoms with van der Waals surface area (Å²) in [5, 5.41) is 8.28. The van der Waals surface area contributed by atoms with Crippen LogP contribution in [-0.4, -0.2) is 16.2 Å². The maximum atomic E-state index is 4.58. The van der Waals surface area contributed by atoms with E-state index in [4.69, 9.17) is 0 Å². The summed E-state index contributed by atoms with van der Waals surface area (Å²) in [4.78, 5) is 7.81. The third kappa shape index (κ3) is 2.94. The van der Waals surface area contributed by atoms with E-state index in [2.05, 4.69) is 63.8 Å². The number of aryl methyl sites for hydroxylation is 1. The molecule has 0 aliphatic rings. The van der Waals surface area contributed by atoms with Crippen LogP contribution < -0.4 is 5.43 Å². The Morgan fingerprint density at radius 3 is 2.83 bits per heavy atom. The number of hydrogen-bond acceptors (Lipinski definition) is 4. The number of fused-ring (bicyclic) bond motifs is 1. The highest BCUT2D eigenvalue weighted by atomic mass is 32.1. The number of aromatic nitrogens is 2. The van der Waals surface area contributed by atoms with Crippen LogP contribution in [0, 0.1) is 6.92 Å². The zero-order valence-electron chi connectivity index (χ0n) is 13.2. The molecule has 0 aliphatic carbocycles. The van der Waals surface area contributed by atoms with E-state index in [0.717, 1.165) is 32.9 Å². The highest BCUT2D eigenvalue weighted by molar-refractivity contribution is 7.14. The Kier molecular flexibility index (Phi) is 3.84. The number of anilines is 1. The molecule has 2 aromatic carbocycles. The third-order valence-electron chi connectivity index (χ3n) is 3.84. The summed E-state index contributed by atoms with van der Waals surface area (Å²) in [5.74, 6) is 0. The molecule has 0 saturated carbocycles. The molecule has 0 radical (unpaired) electrons. The number of rotatable bonds is 4. The molecule has 24 heavy (non-hydrogen) atoms. The number of para-hydroxylation sites is 1. The van der Waals surface area contributed by atoms with Crippen molar-refractivity contribution < 1.29 is 0 Å². The van der Waals surface area contributed by atoms with Gasteiger partial charge >= 0.3 is 0 Å². The van der Waals surface area contributed by atoms with Gasteiger partial charge in [0, 0.05) is 33.6 Å². The van der Waals surface area contributed by atoms with E-state index in [1.54, 1.807) is 11.3 Å². The first-order valence-electron chi connectivity index (χ1n) is 7.67. The molecular weight excluding hydrogens is 316 g/mol. The maximum absolute atomic E-state index is 4.58. The van der Waals surface area contributed by atoms with Gasteiger partial charge < -0.3 is 4.98 Å². The smallest absolute Gasteiger partial charge is 0.203 e. The number of H-pyrrole nitrogens is 1. The second-order valence-electron chi connectivity index (χ2n) is 5.56. The van der Waals surface area contributed by atoms with Gasteiger partial charge in [0.2, 0.25) is 5.13 Å². The van der Waals surface area contributed by atoms with Gasteiger partial charge in [0.25, 0.3) is 0 Å². The van der Waals surface area contributed by atoms with Crippen LogP contribution >= 0.6 is 11.3 Å². The second kappa shape index (κ2) is 6.29. The molecule has 0 amide bonds. The van der Waals surface area contributed by atoms with E-state index < -0.39 is 0 Å². The van der Waals surface area contributed by atoms with Crippen LogP contribution in [0.3, 0.4) is 0 Å². The molecule has 2 N–H and O–H groups in total. The molecule has 2 aromatic heterocycles. The van der Waals surface area contributed by atoms with Crippen molar-refractivity contribution in [3.05, 3.63) is 71.2 Å². The highest BCUT2D eigenvalue weighted by Crippen LogP contribution is 2.25. The number of hydrogen-bond donors (Lipinski definition) is 2. The van der Waals surface area contributed by atoms with Gasteiger partial charge in [0.1, 0.15) is 0 Å². The minimum atomic E-state index is 0.779. The van der Waals surface area contributed by atoms with Gasteiger partial charge in [-0.1, -0.05) is 48.0 Å². The second-order valence-corrected chi connectivity index (χ2v) is 6.42. The number of nitrogens with zero attached hydrogens (tertiary/aromatic N) is 2. The SMILES string of the molecule is Cc1ccc(-c2csc(N/N=C\c3c[nH]c4ccccc34)n2)cc1. The fraction of sp³-hybridized carbons (Fsp3) is 0.0526. The van der Waals surface area contributed by atoms with Crippen molar-refractivity contribution >= 4 is 33.6 Å². The Labute approximate surface area is 143 Å². The number of benzene rings is 2. The van der Waals surface area contributed by atoms with Crippen molar-refractivity contribution in [2.24, 2.45) is 5.10 Å². The van der Waals surface area contributed by atoms with Crippen molar-refractivity contribution in [2.45, 2.75) is 6.92 Å². The molecule has 0 atom stereocenters. The number of hydrazone groups is 1. The summed E-state index contributed by atoms with van der Waals surface area (Å²) in [6, 6.07) is 16.5. The Morgan fingerprint density at radius 1 is 1.12 bits per heavy atom. The Hall–Kier alpha value is -2.92. The summed E-state index contributed by atoms with van der Waals surface area (Å²) >= 11 is 1.55. The van der Waals surface area contributed by atoms with Crippen LogP contribution in [0.2, 0.25) is 0 Å². The monoisotopic (exact) mass is 332 g/mol. The predicted molar refractivity (Wildman–Crippen MR) is 102 cm³/mol. The highest BCUT2D eigenvalue weighted by Gasteiger charge is 2.04. The molecule has 0 bridgehead atoms. The van der Waals surface area contributed by atoms with Crippen molar-refractivity contribution in [3.63, 3.8) is 0 Å². The summed E-state index contributed by atoms with van der Waals surface area (Å²) in [7, 11) is 0. The largest absolute Gasteiger partial charge is 0.361 e. The van der Waals surface area contributed by atoms with Crippen LogP contribution in [0.5, 0.6) is 0 Å². The molecule has 0 aliphatic heterocycles. The van der Waals surface area contributed by atoms with Crippen LogP contribution in [0.1, 0.15) is 11.1 Å². The van der Waals surface area contributed by atoms with E-state index in [0.29, 0.717) is 0 Å². The standard InChI is InChI=1S/C19H16N4S/c1-13-6-8-14(9-7-13)18-12-24-19(22-18)23-21-11-15-10-20-17-5-3-2-4-16(15)17/h2-12,20H,1H3,(H,22,23)/b21-11-. The molecular formula is C19H16N4S. The predicted octanol–water partition coefficient (Wildman–Crippen LogP) is 5.05. The first kappa shape index (κ1) is 14.7. The lowest BCUT2D eigenvalue weighted by molar-refractivity contribution is 1.29. The summed E-state index contributed by atoms with van der Waals surface area (Å²) in [5.41, 5.74) is 8.49. The third-order valence-corrected chi connectivity index (χ3v) is 4.58. The fourth-order valence-electron chi connectivity index (χ4n) is 2.54. The molecule has 0 spiro atoms. The first-order valence-corrected chi connectivity index (χ1v) is 8.55. The van der Waals surface area contributed by atoms with E-state index in [-0.39, 0.29) is 0 Å². The van der Waals surface area contributed by atoms with E-state index >= 15 is 0 Å². The van der Waals surface area contributed by atoms with E-state index in [1.807, 2.05) is 29.9 Å². The van der Waals surface area contributed by atoms with Gasteiger partial charge in [-0.05, 0) is 13.0 Å². The first-order chi connectivity index (χ1) is 11.8. The number of aromatic amines is 1. The van der Waals surface area contributed by atoms with Crippen LogP contribution in [0.25, 0.3) is 22.2 Å². The molecule has 2 heterocycles. The van der Waals surface area contributed by atoms with Crippen molar-refractivity contribution in [1.29, 1.82) is 0 Å². The molecule has 118 valence electrons. The number of thiazole rings is 1. The van der Waals surface area contributed by atoms with Crippen LogP contribution in [0.4, 0.5) is 5.13 Å². The average molecular weight is 332 g/mol. The van der Waals surface area contributed by atoms with E-state index in [9.17, 15) is 0 Å². The average Bonchev–Trinajstić information content (AvgIpc) is 3.23. The van der Waals surface area contributed by atoms with Gasteiger partial charge in [-0.25, -0.2) is 4.98 Å². The lowest BCUT2D eigenvalue weighted by Crippen LogP contribution is -1.89. The molecule has 5 heteroatoms. The van der Waals surface area contributed by atoms with Gasteiger partial charge in [0.05, 0.1) is 11.9 Å². The van der Waals surface area contributed by atoms with E-state index in [1.165, 1.54) is 5.56 Å². The molecule has 0 fully saturated rings. The van der Waals surface area contributed by atoms with Gasteiger partial charge in [-0.2, -0.15) is 5.10 Å². The molecule has 4 aromatic rings. The zero-order chi connectivity index (χ0) is 16.4. The lowest BCUT2D eigenvalue weighted by atomic mass is 10.1. The van der Waals surface area contributed by atoms with Crippen LogP contribution in [-0.2, 0) is 0 Å².